The summed E-state index contributed by atoms with van der Waals surface area (Å²) in [7, 11) is 0. The predicted molar refractivity (Wildman–Crippen MR) is 102 cm³/mol. The van der Waals surface area contributed by atoms with Crippen LogP contribution in [0.2, 0.25) is 0 Å². The van der Waals surface area contributed by atoms with E-state index in [-0.39, 0.29) is 11.8 Å². The van der Waals surface area contributed by atoms with Gasteiger partial charge in [0.2, 0.25) is 0 Å². The van der Waals surface area contributed by atoms with Gasteiger partial charge in [-0.2, -0.15) is 0 Å². The molecule has 1 aromatic heterocycles. The Bertz CT molecular complexity index is 893. The molecule has 2 amide bonds. The Balaban J connectivity index is 1.78. The predicted octanol–water partition coefficient (Wildman–Crippen LogP) is 5.72. The molecule has 0 saturated carbocycles. The van der Waals surface area contributed by atoms with E-state index in [1.165, 1.54) is 12.1 Å². The molecule has 0 aliphatic rings. The fourth-order valence-electron chi connectivity index (χ4n) is 2.54. The van der Waals surface area contributed by atoms with E-state index in [4.69, 9.17) is 4.42 Å². The van der Waals surface area contributed by atoms with Gasteiger partial charge in [-0.1, -0.05) is 34.1 Å². The summed E-state index contributed by atoms with van der Waals surface area (Å²) in [5, 5.41) is 2.88. The number of furan rings is 1. The van der Waals surface area contributed by atoms with Gasteiger partial charge in [0, 0.05) is 16.7 Å². The molecule has 4 nitrogen and oxygen atoms in total. The minimum Gasteiger partial charge on any atom is -0.464 e. The van der Waals surface area contributed by atoms with Crippen molar-refractivity contribution in [3.8, 4) is 0 Å². The smallest absolute Gasteiger partial charge is 0.322 e. The van der Waals surface area contributed by atoms with E-state index >= 15 is 0 Å². The average Bonchev–Trinajstić information content (AvgIpc) is 3.01. The van der Waals surface area contributed by atoms with Crippen LogP contribution in [0.25, 0.3) is 0 Å². The molecule has 2 aromatic carbocycles. The first-order valence-electron chi connectivity index (χ1n) is 8.11. The monoisotopic (exact) mass is 416 g/mol. The van der Waals surface area contributed by atoms with E-state index in [1.807, 2.05) is 43.3 Å². The molecule has 0 saturated heterocycles. The second kappa shape index (κ2) is 8.19. The first-order chi connectivity index (χ1) is 12.5. The Morgan fingerprint density at radius 3 is 2.54 bits per heavy atom. The van der Waals surface area contributed by atoms with Gasteiger partial charge in [-0.15, -0.1) is 0 Å². The lowest BCUT2D eigenvalue weighted by molar-refractivity contribution is 0.201. The van der Waals surface area contributed by atoms with Gasteiger partial charge in [-0.3, -0.25) is 0 Å². The third-order valence-electron chi connectivity index (χ3n) is 3.79. The van der Waals surface area contributed by atoms with Crippen LogP contribution in [0.5, 0.6) is 0 Å². The minimum atomic E-state index is -0.305. The molecule has 134 valence electrons. The molecule has 0 fully saturated rings. The normalized spacial score (nSPS) is 10.6. The highest BCUT2D eigenvalue weighted by atomic mass is 79.9. The highest BCUT2D eigenvalue weighted by Gasteiger charge is 2.17. The van der Waals surface area contributed by atoms with E-state index < -0.39 is 0 Å². The van der Waals surface area contributed by atoms with Crippen molar-refractivity contribution in [3.05, 3.63) is 88.0 Å². The number of hydrogen-bond acceptors (Lipinski definition) is 2. The fraction of sp³-hybridized carbons (Fsp3) is 0.150. The number of benzene rings is 2. The van der Waals surface area contributed by atoms with Crippen molar-refractivity contribution in [2.75, 3.05) is 5.32 Å². The van der Waals surface area contributed by atoms with Gasteiger partial charge in [-0.25, -0.2) is 9.18 Å². The number of nitrogens with one attached hydrogen (secondary N) is 1. The topological polar surface area (TPSA) is 45.5 Å². The SMILES string of the molecule is Cc1ccc(CN(Cc2ccc(F)cc2)C(=O)Nc2cccc(Br)c2)o1. The van der Waals surface area contributed by atoms with Crippen molar-refractivity contribution >= 4 is 27.6 Å². The summed E-state index contributed by atoms with van der Waals surface area (Å²) < 4.78 is 19.6. The second-order valence-corrected chi connectivity index (χ2v) is 6.85. The lowest BCUT2D eigenvalue weighted by Crippen LogP contribution is -2.34. The number of hydrogen-bond donors (Lipinski definition) is 1. The number of nitrogens with zero attached hydrogens (tertiary/aromatic N) is 1. The quantitative estimate of drug-likeness (QED) is 0.577. The van der Waals surface area contributed by atoms with Crippen LogP contribution in [0.15, 0.2) is 69.6 Å². The van der Waals surface area contributed by atoms with Crippen molar-refractivity contribution in [2.24, 2.45) is 0 Å². The van der Waals surface area contributed by atoms with E-state index in [1.54, 1.807) is 17.0 Å². The van der Waals surface area contributed by atoms with Crippen molar-refractivity contribution in [1.29, 1.82) is 0 Å². The van der Waals surface area contributed by atoms with Gasteiger partial charge in [0.05, 0.1) is 6.54 Å². The molecular formula is C20H18BrFN2O2. The second-order valence-electron chi connectivity index (χ2n) is 5.94. The Morgan fingerprint density at radius 1 is 1.12 bits per heavy atom. The highest BCUT2D eigenvalue weighted by Crippen LogP contribution is 2.18. The van der Waals surface area contributed by atoms with Crippen molar-refractivity contribution in [1.82, 2.24) is 4.90 Å². The Labute approximate surface area is 159 Å². The largest absolute Gasteiger partial charge is 0.464 e. The van der Waals surface area contributed by atoms with E-state index in [2.05, 4.69) is 21.2 Å². The molecule has 0 aliphatic carbocycles. The molecule has 0 aliphatic heterocycles. The minimum absolute atomic E-state index is 0.263. The third-order valence-corrected chi connectivity index (χ3v) is 4.29. The van der Waals surface area contributed by atoms with Crippen LogP contribution in [-0.2, 0) is 13.1 Å². The number of halogens is 2. The molecule has 3 rings (SSSR count). The van der Waals surface area contributed by atoms with E-state index in [0.29, 0.717) is 24.5 Å². The van der Waals surface area contributed by atoms with Gasteiger partial charge in [0.15, 0.2) is 0 Å². The Morgan fingerprint density at radius 2 is 1.88 bits per heavy atom. The summed E-state index contributed by atoms with van der Waals surface area (Å²) in [4.78, 5) is 14.4. The Kier molecular flexibility index (Phi) is 5.73. The number of carbonyl (C=O) groups is 1. The van der Waals surface area contributed by atoms with Crippen LogP contribution < -0.4 is 5.32 Å². The highest BCUT2D eigenvalue weighted by molar-refractivity contribution is 9.10. The van der Waals surface area contributed by atoms with Crippen LogP contribution in [0, 0.1) is 12.7 Å². The molecule has 0 unspecified atom stereocenters. The number of aryl methyl sites for hydroxylation is 1. The summed E-state index contributed by atoms with van der Waals surface area (Å²) in [6.45, 7) is 2.50. The molecule has 6 heteroatoms. The van der Waals surface area contributed by atoms with E-state index in [9.17, 15) is 9.18 Å². The summed E-state index contributed by atoms with van der Waals surface area (Å²) in [5.74, 6) is 1.17. The van der Waals surface area contributed by atoms with Crippen molar-refractivity contribution < 1.29 is 13.6 Å². The van der Waals surface area contributed by atoms with Crippen LogP contribution in [0.4, 0.5) is 14.9 Å². The molecule has 3 aromatic rings. The molecule has 0 atom stereocenters. The molecular weight excluding hydrogens is 399 g/mol. The fourth-order valence-corrected chi connectivity index (χ4v) is 2.94. The zero-order valence-electron chi connectivity index (χ0n) is 14.2. The van der Waals surface area contributed by atoms with Crippen LogP contribution in [0.3, 0.4) is 0 Å². The van der Waals surface area contributed by atoms with Crippen molar-refractivity contribution in [3.63, 3.8) is 0 Å². The van der Waals surface area contributed by atoms with Gasteiger partial charge in [0.1, 0.15) is 17.3 Å². The van der Waals surface area contributed by atoms with E-state index in [0.717, 1.165) is 15.8 Å². The molecule has 0 spiro atoms. The maximum atomic E-state index is 13.1. The summed E-state index contributed by atoms with van der Waals surface area (Å²) in [6.07, 6.45) is 0. The molecule has 26 heavy (non-hydrogen) atoms. The Hall–Kier alpha value is -2.60. The number of urea groups is 1. The summed E-state index contributed by atoms with van der Waals surface area (Å²) in [6, 6.07) is 16.9. The number of rotatable bonds is 5. The standard InChI is InChI=1S/C20H18BrFN2O2/c1-14-5-10-19(26-14)13-24(12-15-6-8-17(22)9-7-15)20(25)23-18-4-2-3-16(21)11-18/h2-11H,12-13H2,1H3,(H,23,25). The maximum absolute atomic E-state index is 13.1. The lowest BCUT2D eigenvalue weighted by Gasteiger charge is -2.22. The molecule has 1 N–H and O–H groups in total. The first-order valence-corrected chi connectivity index (χ1v) is 8.90. The molecule has 0 bridgehead atoms. The lowest BCUT2D eigenvalue weighted by atomic mass is 10.2. The number of anilines is 1. The van der Waals surface area contributed by atoms with Crippen molar-refractivity contribution in [2.45, 2.75) is 20.0 Å². The van der Waals surface area contributed by atoms with Crippen LogP contribution >= 0.6 is 15.9 Å². The summed E-state index contributed by atoms with van der Waals surface area (Å²) in [5.41, 5.74) is 1.52. The third kappa shape index (κ3) is 4.95. The maximum Gasteiger partial charge on any atom is 0.322 e. The first kappa shape index (κ1) is 18.2. The van der Waals surface area contributed by atoms with Gasteiger partial charge >= 0.3 is 6.03 Å². The van der Waals surface area contributed by atoms with Gasteiger partial charge in [0.25, 0.3) is 0 Å². The summed E-state index contributed by atoms with van der Waals surface area (Å²) >= 11 is 3.39. The zero-order chi connectivity index (χ0) is 18.5. The zero-order valence-corrected chi connectivity index (χ0v) is 15.8. The number of carbonyl (C=O) groups excluding carboxylic acids is 1. The van der Waals surface area contributed by atoms with Crippen LogP contribution in [0.1, 0.15) is 17.1 Å². The molecule has 1 heterocycles. The molecule has 0 radical (unpaired) electrons. The number of amides is 2. The van der Waals surface area contributed by atoms with Gasteiger partial charge < -0.3 is 14.6 Å². The van der Waals surface area contributed by atoms with Crippen LogP contribution in [-0.4, -0.2) is 10.9 Å². The average molecular weight is 417 g/mol. The van der Waals surface area contributed by atoms with Gasteiger partial charge in [-0.05, 0) is 55.0 Å².